The maximum absolute atomic E-state index is 12.6. The number of thiazole rings is 1. The summed E-state index contributed by atoms with van der Waals surface area (Å²) in [5.41, 5.74) is 1.65. The Morgan fingerprint density at radius 1 is 1.10 bits per heavy atom. The predicted molar refractivity (Wildman–Crippen MR) is 117 cm³/mol. The van der Waals surface area contributed by atoms with E-state index in [9.17, 15) is 13.2 Å². The van der Waals surface area contributed by atoms with Gasteiger partial charge in [0.25, 0.3) is 5.91 Å². The molecule has 0 aliphatic rings. The monoisotopic (exact) mass is 446 g/mol. The van der Waals surface area contributed by atoms with Crippen LogP contribution in [0.1, 0.15) is 24.2 Å². The van der Waals surface area contributed by atoms with Gasteiger partial charge in [0.1, 0.15) is 11.5 Å². The molecule has 0 aliphatic heterocycles. The molecule has 0 unspecified atom stereocenters. The van der Waals surface area contributed by atoms with E-state index in [1.54, 1.807) is 57.7 Å². The topological polar surface area (TPSA) is 94.6 Å². The van der Waals surface area contributed by atoms with Crippen LogP contribution in [-0.2, 0) is 9.84 Å². The standard InChI is InChI=1S/C21H22N2O5S2/c1-13(2)30(25,26)16-7-5-6-14(10-16)20(24)23-21-22-18(12-29-21)17-9-8-15(27-3)11-19(17)28-4/h5-13H,1-4H3,(H,22,23,24). The first-order chi connectivity index (χ1) is 14.3. The van der Waals surface area contributed by atoms with Crippen molar-refractivity contribution in [3.8, 4) is 22.8 Å². The summed E-state index contributed by atoms with van der Waals surface area (Å²) in [6.07, 6.45) is 0. The van der Waals surface area contributed by atoms with Crippen LogP contribution in [-0.4, -0.2) is 38.8 Å². The Bertz CT molecular complexity index is 1170. The zero-order chi connectivity index (χ0) is 21.9. The van der Waals surface area contributed by atoms with Crippen molar-refractivity contribution < 1.29 is 22.7 Å². The van der Waals surface area contributed by atoms with E-state index in [1.165, 1.54) is 23.5 Å². The van der Waals surface area contributed by atoms with Crippen LogP contribution in [0.25, 0.3) is 11.3 Å². The molecular formula is C21H22N2O5S2. The maximum atomic E-state index is 12.6. The summed E-state index contributed by atoms with van der Waals surface area (Å²) in [7, 11) is -0.332. The number of ether oxygens (including phenoxy) is 2. The van der Waals surface area contributed by atoms with Crippen molar-refractivity contribution >= 4 is 32.2 Å². The average molecular weight is 447 g/mol. The van der Waals surface area contributed by atoms with E-state index in [0.29, 0.717) is 22.3 Å². The summed E-state index contributed by atoms with van der Waals surface area (Å²) in [6.45, 7) is 3.21. The van der Waals surface area contributed by atoms with E-state index >= 15 is 0 Å². The van der Waals surface area contributed by atoms with Gasteiger partial charge in [0, 0.05) is 22.6 Å². The van der Waals surface area contributed by atoms with Gasteiger partial charge in [-0.05, 0) is 44.2 Å². The quantitative estimate of drug-likeness (QED) is 0.583. The van der Waals surface area contributed by atoms with Gasteiger partial charge in [-0.2, -0.15) is 0 Å². The van der Waals surface area contributed by atoms with Gasteiger partial charge in [0.2, 0.25) is 0 Å². The number of aromatic nitrogens is 1. The third-order valence-electron chi connectivity index (χ3n) is 4.45. The highest BCUT2D eigenvalue weighted by Gasteiger charge is 2.21. The molecule has 2 aromatic carbocycles. The lowest BCUT2D eigenvalue weighted by molar-refractivity contribution is 0.102. The number of hydrogen-bond acceptors (Lipinski definition) is 7. The van der Waals surface area contributed by atoms with Crippen LogP contribution in [0.4, 0.5) is 5.13 Å². The largest absolute Gasteiger partial charge is 0.497 e. The van der Waals surface area contributed by atoms with Gasteiger partial charge < -0.3 is 9.47 Å². The number of carbonyl (C=O) groups excluding carboxylic acids is 1. The van der Waals surface area contributed by atoms with E-state index in [4.69, 9.17) is 9.47 Å². The highest BCUT2D eigenvalue weighted by molar-refractivity contribution is 7.92. The van der Waals surface area contributed by atoms with Crippen molar-refractivity contribution in [2.45, 2.75) is 24.0 Å². The van der Waals surface area contributed by atoms with Gasteiger partial charge in [0.05, 0.1) is 30.1 Å². The number of nitrogens with one attached hydrogen (secondary N) is 1. The van der Waals surface area contributed by atoms with Crippen molar-refractivity contribution in [1.82, 2.24) is 4.98 Å². The number of rotatable bonds is 7. The lowest BCUT2D eigenvalue weighted by Gasteiger charge is -2.09. The van der Waals surface area contributed by atoms with E-state index in [-0.39, 0.29) is 10.5 Å². The molecule has 1 heterocycles. The molecule has 0 bridgehead atoms. The fourth-order valence-electron chi connectivity index (χ4n) is 2.72. The minimum absolute atomic E-state index is 0.118. The second-order valence-electron chi connectivity index (χ2n) is 6.68. The molecule has 0 fully saturated rings. The lowest BCUT2D eigenvalue weighted by atomic mass is 10.1. The Labute approximate surface area is 179 Å². The van der Waals surface area contributed by atoms with E-state index < -0.39 is 21.0 Å². The van der Waals surface area contributed by atoms with Gasteiger partial charge in [-0.15, -0.1) is 11.3 Å². The molecule has 9 heteroatoms. The van der Waals surface area contributed by atoms with Gasteiger partial charge in [-0.1, -0.05) is 6.07 Å². The van der Waals surface area contributed by atoms with E-state index in [2.05, 4.69) is 10.3 Å². The van der Waals surface area contributed by atoms with Crippen LogP contribution in [0.5, 0.6) is 11.5 Å². The summed E-state index contributed by atoms with van der Waals surface area (Å²) in [5, 5.41) is 4.35. The summed E-state index contributed by atoms with van der Waals surface area (Å²) >= 11 is 1.26. The van der Waals surface area contributed by atoms with Crippen LogP contribution in [0.3, 0.4) is 0 Å². The number of sulfone groups is 1. The van der Waals surface area contributed by atoms with Crippen molar-refractivity contribution in [2.75, 3.05) is 19.5 Å². The molecule has 30 heavy (non-hydrogen) atoms. The van der Waals surface area contributed by atoms with Crippen LogP contribution in [0.2, 0.25) is 0 Å². The van der Waals surface area contributed by atoms with Gasteiger partial charge >= 0.3 is 0 Å². The Balaban J connectivity index is 1.83. The second kappa shape index (κ2) is 8.85. The third kappa shape index (κ3) is 4.47. The van der Waals surface area contributed by atoms with Crippen LogP contribution in [0.15, 0.2) is 52.7 Å². The number of carbonyl (C=O) groups is 1. The predicted octanol–water partition coefficient (Wildman–Crippen LogP) is 4.26. The first kappa shape index (κ1) is 21.8. The number of methoxy groups -OCH3 is 2. The number of hydrogen-bond donors (Lipinski definition) is 1. The molecule has 0 saturated heterocycles. The molecule has 0 spiro atoms. The molecule has 7 nitrogen and oxygen atoms in total. The lowest BCUT2D eigenvalue weighted by Crippen LogP contribution is -2.16. The molecule has 0 aliphatic carbocycles. The molecular weight excluding hydrogens is 424 g/mol. The highest BCUT2D eigenvalue weighted by atomic mass is 32.2. The second-order valence-corrected chi connectivity index (χ2v) is 10.0. The minimum atomic E-state index is -3.47. The zero-order valence-corrected chi connectivity index (χ0v) is 18.6. The van der Waals surface area contributed by atoms with Crippen LogP contribution < -0.4 is 14.8 Å². The fraction of sp³-hybridized carbons (Fsp3) is 0.238. The molecule has 0 saturated carbocycles. The fourth-order valence-corrected chi connectivity index (χ4v) is 4.53. The van der Waals surface area contributed by atoms with Gasteiger partial charge in [0.15, 0.2) is 15.0 Å². The summed E-state index contributed by atoms with van der Waals surface area (Å²) < 4.78 is 35.3. The van der Waals surface area contributed by atoms with Crippen molar-refractivity contribution in [3.05, 3.63) is 53.4 Å². The third-order valence-corrected chi connectivity index (χ3v) is 7.36. The van der Waals surface area contributed by atoms with Crippen LogP contribution in [0, 0.1) is 0 Å². The number of nitrogens with zero attached hydrogens (tertiary/aromatic N) is 1. The van der Waals surface area contributed by atoms with Crippen molar-refractivity contribution in [1.29, 1.82) is 0 Å². The van der Waals surface area contributed by atoms with E-state index in [0.717, 1.165) is 5.56 Å². The first-order valence-corrected chi connectivity index (χ1v) is 11.5. The molecule has 1 aromatic heterocycles. The van der Waals surface area contributed by atoms with Crippen molar-refractivity contribution in [3.63, 3.8) is 0 Å². The van der Waals surface area contributed by atoms with Crippen molar-refractivity contribution in [2.24, 2.45) is 0 Å². The molecule has 0 radical (unpaired) electrons. The highest BCUT2D eigenvalue weighted by Crippen LogP contribution is 2.35. The number of amides is 1. The number of anilines is 1. The molecule has 0 atom stereocenters. The Morgan fingerprint density at radius 3 is 2.53 bits per heavy atom. The average Bonchev–Trinajstić information content (AvgIpc) is 3.21. The SMILES string of the molecule is COc1ccc(-c2csc(NC(=O)c3cccc(S(=O)(=O)C(C)C)c3)n2)c(OC)c1. The Kier molecular flexibility index (Phi) is 6.42. The summed E-state index contributed by atoms with van der Waals surface area (Å²) in [4.78, 5) is 17.2. The first-order valence-electron chi connectivity index (χ1n) is 9.09. The minimum Gasteiger partial charge on any atom is -0.497 e. The molecule has 1 N–H and O–H groups in total. The van der Waals surface area contributed by atoms with E-state index in [1.807, 2.05) is 6.07 Å². The van der Waals surface area contributed by atoms with Crippen LogP contribution >= 0.6 is 11.3 Å². The molecule has 3 aromatic rings. The smallest absolute Gasteiger partial charge is 0.257 e. The van der Waals surface area contributed by atoms with Gasteiger partial charge in [-0.25, -0.2) is 13.4 Å². The summed E-state index contributed by atoms with van der Waals surface area (Å²) in [6, 6.07) is 11.4. The molecule has 3 rings (SSSR count). The molecule has 158 valence electrons. The summed E-state index contributed by atoms with van der Waals surface area (Å²) in [5.74, 6) is 0.832. The Hall–Kier alpha value is -2.91. The normalized spacial score (nSPS) is 11.4. The number of benzene rings is 2. The zero-order valence-electron chi connectivity index (χ0n) is 17.0. The molecule has 1 amide bonds. The van der Waals surface area contributed by atoms with Gasteiger partial charge in [-0.3, -0.25) is 10.1 Å². The Morgan fingerprint density at radius 2 is 1.87 bits per heavy atom. The maximum Gasteiger partial charge on any atom is 0.257 e.